The lowest BCUT2D eigenvalue weighted by Gasteiger charge is -2.35. The molecule has 3 rings (SSSR count). The third-order valence-corrected chi connectivity index (χ3v) is 5.25. The number of oxime groups is 1. The van der Waals surface area contributed by atoms with Crippen molar-refractivity contribution in [1.29, 1.82) is 0 Å². The maximum Gasteiger partial charge on any atom is 0.513 e. The fourth-order valence-corrected chi connectivity index (χ4v) is 3.85. The first-order valence-corrected chi connectivity index (χ1v) is 9.48. The molecule has 28 heavy (non-hydrogen) atoms. The molecule has 1 amide bonds. The van der Waals surface area contributed by atoms with Crippen molar-refractivity contribution in [1.82, 2.24) is 5.32 Å². The van der Waals surface area contributed by atoms with E-state index in [1.54, 1.807) is 6.92 Å². The quantitative estimate of drug-likeness (QED) is 0.631. The number of hydrogen-bond donors (Lipinski definition) is 1. The molecule has 1 spiro atoms. The summed E-state index contributed by atoms with van der Waals surface area (Å²) in [6.07, 6.45) is 1.63. The zero-order chi connectivity index (χ0) is 20.3. The number of rotatable bonds is 4. The SMILES string of the molecule is CCOC(=O)OC1=C(c2cc(C)ccc2C)C(=O)NC12CCC(=NOC)CC2. The van der Waals surface area contributed by atoms with Crippen LogP contribution in [0.15, 0.2) is 29.1 Å². The minimum atomic E-state index is -0.799. The summed E-state index contributed by atoms with van der Waals surface area (Å²) in [4.78, 5) is 30.1. The van der Waals surface area contributed by atoms with E-state index >= 15 is 0 Å². The van der Waals surface area contributed by atoms with Crippen molar-refractivity contribution in [2.24, 2.45) is 5.16 Å². The molecule has 1 saturated carbocycles. The molecule has 1 heterocycles. The van der Waals surface area contributed by atoms with Gasteiger partial charge in [0.1, 0.15) is 18.4 Å². The fraction of sp³-hybridized carbons (Fsp3) is 0.476. The molecule has 0 saturated heterocycles. The number of carbonyl (C=O) groups is 2. The maximum atomic E-state index is 13.0. The topological polar surface area (TPSA) is 86.2 Å². The van der Waals surface area contributed by atoms with E-state index in [1.165, 1.54) is 7.11 Å². The summed E-state index contributed by atoms with van der Waals surface area (Å²) in [7, 11) is 1.52. The Morgan fingerprint density at radius 1 is 1.25 bits per heavy atom. The van der Waals surface area contributed by atoms with Crippen LogP contribution in [0, 0.1) is 13.8 Å². The monoisotopic (exact) mass is 386 g/mol. The van der Waals surface area contributed by atoms with Crippen LogP contribution in [0.2, 0.25) is 0 Å². The average molecular weight is 386 g/mol. The summed E-state index contributed by atoms with van der Waals surface area (Å²) in [5, 5.41) is 7.11. The first-order valence-electron chi connectivity index (χ1n) is 9.48. The van der Waals surface area contributed by atoms with Crippen LogP contribution in [0.1, 0.15) is 49.3 Å². The second kappa shape index (κ2) is 8.04. The first kappa shape index (κ1) is 19.9. The Hall–Kier alpha value is -2.83. The van der Waals surface area contributed by atoms with Gasteiger partial charge in [0.25, 0.3) is 5.91 Å². The number of hydrogen-bond acceptors (Lipinski definition) is 6. The number of aryl methyl sites for hydroxylation is 2. The third kappa shape index (κ3) is 3.74. The second-order valence-corrected chi connectivity index (χ2v) is 7.18. The van der Waals surface area contributed by atoms with E-state index < -0.39 is 11.7 Å². The van der Waals surface area contributed by atoms with E-state index in [1.807, 2.05) is 32.0 Å². The Balaban J connectivity index is 2.07. The maximum absolute atomic E-state index is 13.0. The Morgan fingerprint density at radius 2 is 1.96 bits per heavy atom. The van der Waals surface area contributed by atoms with Gasteiger partial charge in [-0.25, -0.2) is 4.79 Å². The summed E-state index contributed by atoms with van der Waals surface area (Å²) in [5.41, 5.74) is 3.32. The molecule has 1 aliphatic heterocycles. The molecule has 1 N–H and O–H groups in total. The molecule has 1 aromatic rings. The van der Waals surface area contributed by atoms with E-state index in [0.29, 0.717) is 37.0 Å². The van der Waals surface area contributed by atoms with Gasteiger partial charge in [-0.15, -0.1) is 0 Å². The van der Waals surface area contributed by atoms with E-state index in [-0.39, 0.29) is 12.5 Å². The minimum absolute atomic E-state index is 0.198. The van der Waals surface area contributed by atoms with Gasteiger partial charge in [-0.2, -0.15) is 0 Å². The predicted molar refractivity (Wildman–Crippen MR) is 105 cm³/mol. The van der Waals surface area contributed by atoms with Gasteiger partial charge in [0, 0.05) is 0 Å². The van der Waals surface area contributed by atoms with Crippen LogP contribution in [-0.4, -0.2) is 37.0 Å². The van der Waals surface area contributed by atoms with Gasteiger partial charge < -0.3 is 19.6 Å². The lowest BCUT2D eigenvalue weighted by Crippen LogP contribution is -2.48. The highest BCUT2D eigenvalue weighted by Crippen LogP contribution is 2.43. The zero-order valence-electron chi connectivity index (χ0n) is 16.8. The van der Waals surface area contributed by atoms with Gasteiger partial charge in [0.15, 0.2) is 0 Å². The number of ether oxygens (including phenoxy) is 2. The summed E-state index contributed by atoms with van der Waals surface area (Å²) >= 11 is 0. The lowest BCUT2D eigenvalue weighted by atomic mass is 9.79. The van der Waals surface area contributed by atoms with Crippen molar-refractivity contribution in [3.8, 4) is 0 Å². The molecule has 150 valence electrons. The summed E-state index contributed by atoms with van der Waals surface area (Å²) < 4.78 is 10.6. The van der Waals surface area contributed by atoms with E-state index in [9.17, 15) is 9.59 Å². The van der Waals surface area contributed by atoms with Gasteiger partial charge in [-0.05, 0) is 57.6 Å². The van der Waals surface area contributed by atoms with Crippen molar-refractivity contribution in [2.45, 2.75) is 52.0 Å². The molecule has 7 heteroatoms. The first-order chi connectivity index (χ1) is 13.4. The van der Waals surface area contributed by atoms with E-state index in [4.69, 9.17) is 14.3 Å². The molecule has 7 nitrogen and oxygen atoms in total. The smallest absolute Gasteiger partial charge is 0.434 e. The Bertz CT molecular complexity index is 846. The molecule has 1 aliphatic carbocycles. The number of benzene rings is 1. The highest BCUT2D eigenvalue weighted by atomic mass is 16.7. The van der Waals surface area contributed by atoms with Crippen molar-refractivity contribution in [3.05, 3.63) is 40.6 Å². The third-order valence-electron chi connectivity index (χ3n) is 5.25. The van der Waals surface area contributed by atoms with Crippen LogP contribution >= 0.6 is 0 Å². The van der Waals surface area contributed by atoms with Crippen LogP contribution in [0.4, 0.5) is 4.79 Å². The van der Waals surface area contributed by atoms with Crippen LogP contribution in [-0.2, 0) is 19.1 Å². The summed E-state index contributed by atoms with van der Waals surface area (Å²) in [6, 6.07) is 5.89. The van der Waals surface area contributed by atoms with Crippen LogP contribution in [0.5, 0.6) is 0 Å². The molecular formula is C21H26N2O5. The number of carbonyl (C=O) groups excluding carboxylic acids is 2. The van der Waals surface area contributed by atoms with Gasteiger partial charge in [0.05, 0.1) is 17.9 Å². The van der Waals surface area contributed by atoms with E-state index in [0.717, 1.165) is 22.4 Å². The molecule has 1 aromatic carbocycles. The molecule has 1 fully saturated rings. The molecular weight excluding hydrogens is 360 g/mol. The molecule has 0 bridgehead atoms. The minimum Gasteiger partial charge on any atom is -0.434 e. The van der Waals surface area contributed by atoms with Gasteiger partial charge >= 0.3 is 6.16 Å². The fourth-order valence-electron chi connectivity index (χ4n) is 3.85. The van der Waals surface area contributed by atoms with E-state index in [2.05, 4.69) is 10.5 Å². The lowest BCUT2D eigenvalue weighted by molar-refractivity contribution is -0.116. The van der Waals surface area contributed by atoms with Crippen LogP contribution in [0.3, 0.4) is 0 Å². The van der Waals surface area contributed by atoms with Gasteiger partial charge in [-0.3, -0.25) is 4.79 Å². The highest BCUT2D eigenvalue weighted by molar-refractivity contribution is 6.24. The van der Waals surface area contributed by atoms with Crippen molar-refractivity contribution in [2.75, 3.05) is 13.7 Å². The van der Waals surface area contributed by atoms with Crippen LogP contribution < -0.4 is 5.32 Å². The average Bonchev–Trinajstić information content (AvgIpc) is 2.91. The number of amides is 1. The second-order valence-electron chi connectivity index (χ2n) is 7.18. The standard InChI is InChI=1S/C21H26N2O5/c1-5-27-20(25)28-18-17(16-12-13(2)6-7-14(16)3)19(24)22-21(18)10-8-15(9-11-21)23-26-4/h6-7,12H,5,8-11H2,1-4H3,(H,22,24). The van der Waals surface area contributed by atoms with Crippen molar-refractivity contribution >= 4 is 23.3 Å². The van der Waals surface area contributed by atoms with Crippen LogP contribution in [0.25, 0.3) is 5.57 Å². The Kier molecular flexibility index (Phi) is 5.72. The van der Waals surface area contributed by atoms with Gasteiger partial charge in [0.2, 0.25) is 0 Å². The highest BCUT2D eigenvalue weighted by Gasteiger charge is 2.50. The molecule has 0 unspecified atom stereocenters. The predicted octanol–water partition coefficient (Wildman–Crippen LogP) is 3.63. The summed E-state index contributed by atoms with van der Waals surface area (Å²) in [6.45, 7) is 5.81. The summed E-state index contributed by atoms with van der Waals surface area (Å²) in [5.74, 6) is 0.112. The molecule has 2 aliphatic rings. The normalized spacial score (nSPS) is 21.6. The molecule has 0 radical (unpaired) electrons. The zero-order valence-corrected chi connectivity index (χ0v) is 16.8. The Labute approximate surface area is 164 Å². The van der Waals surface area contributed by atoms with Crippen molar-refractivity contribution < 1.29 is 23.9 Å². The number of nitrogens with zero attached hydrogens (tertiary/aromatic N) is 1. The molecule has 0 atom stereocenters. The Morgan fingerprint density at radius 3 is 2.61 bits per heavy atom. The van der Waals surface area contributed by atoms with Gasteiger partial charge in [-0.1, -0.05) is 28.9 Å². The largest absolute Gasteiger partial charge is 0.513 e. The van der Waals surface area contributed by atoms with Crippen molar-refractivity contribution in [3.63, 3.8) is 0 Å². The molecule has 0 aromatic heterocycles. The number of nitrogens with one attached hydrogen (secondary N) is 1.